The van der Waals surface area contributed by atoms with Gasteiger partial charge in [-0.1, -0.05) is 6.07 Å². The Morgan fingerprint density at radius 2 is 1.88 bits per heavy atom. The van der Waals surface area contributed by atoms with Gasteiger partial charge in [-0.25, -0.2) is 12.8 Å². The van der Waals surface area contributed by atoms with E-state index in [1.165, 1.54) is 35.1 Å². The highest BCUT2D eigenvalue weighted by Crippen LogP contribution is 2.38. The minimum Gasteiger partial charge on any atom is -0.495 e. The molecule has 5 rings (SSSR count). The van der Waals surface area contributed by atoms with E-state index in [9.17, 15) is 26.0 Å². The van der Waals surface area contributed by atoms with Gasteiger partial charge in [0, 0.05) is 47.9 Å². The normalized spacial score (nSPS) is 18.4. The molecule has 1 saturated heterocycles. The number of anilines is 2. The Morgan fingerprint density at radius 3 is 2.57 bits per heavy atom. The van der Waals surface area contributed by atoms with E-state index in [-0.39, 0.29) is 4.90 Å². The van der Waals surface area contributed by atoms with Crippen LogP contribution in [0, 0.1) is 0 Å². The van der Waals surface area contributed by atoms with Crippen LogP contribution in [0.5, 0.6) is 5.75 Å². The fourth-order valence-electron chi connectivity index (χ4n) is 5.22. The number of halogens is 4. The third-order valence-corrected chi connectivity index (χ3v) is 9.55. The SMILES string of the molecule is COc1cc(S(C)(=O)=O)ccc1NCc1ccc(-c2cc3c(N[C@H]4CCN(C)C[C@H]4F)cccc3n2CC(F)(F)F)s1. The van der Waals surface area contributed by atoms with Crippen molar-refractivity contribution >= 4 is 43.5 Å². The number of likely N-dealkylation sites (tertiary alicyclic amines) is 1. The quantitative estimate of drug-likeness (QED) is 0.210. The van der Waals surface area contributed by atoms with Crippen molar-refractivity contribution in [2.24, 2.45) is 0 Å². The zero-order chi connectivity index (χ0) is 30.2. The smallest absolute Gasteiger partial charge is 0.406 e. The molecule has 1 aliphatic rings. The topological polar surface area (TPSA) is 75.6 Å². The second-order valence-corrected chi connectivity index (χ2v) is 13.7. The average Bonchev–Trinajstić information content (AvgIpc) is 3.53. The van der Waals surface area contributed by atoms with E-state index in [0.29, 0.717) is 58.1 Å². The van der Waals surface area contributed by atoms with Gasteiger partial charge >= 0.3 is 6.18 Å². The molecule has 0 radical (unpaired) electrons. The van der Waals surface area contributed by atoms with Gasteiger partial charge in [0.25, 0.3) is 0 Å². The lowest BCUT2D eigenvalue weighted by atomic mass is 10.0. The lowest BCUT2D eigenvalue weighted by Crippen LogP contribution is -2.46. The van der Waals surface area contributed by atoms with Crippen LogP contribution in [-0.2, 0) is 22.9 Å². The fraction of sp³-hybridized carbons (Fsp3) is 0.379. The van der Waals surface area contributed by atoms with Gasteiger partial charge in [-0.2, -0.15) is 13.2 Å². The maximum absolute atomic E-state index is 14.8. The number of nitrogens with zero attached hydrogens (tertiary/aromatic N) is 2. The van der Waals surface area contributed by atoms with Gasteiger partial charge < -0.3 is 24.8 Å². The average molecular weight is 625 g/mol. The number of sulfone groups is 1. The maximum atomic E-state index is 14.8. The number of nitrogens with one attached hydrogen (secondary N) is 2. The van der Waals surface area contributed by atoms with Crippen LogP contribution < -0.4 is 15.4 Å². The summed E-state index contributed by atoms with van der Waals surface area (Å²) < 4.78 is 86.4. The van der Waals surface area contributed by atoms with Crippen LogP contribution in [0.25, 0.3) is 21.5 Å². The first kappa shape index (κ1) is 30.2. The number of rotatable bonds is 9. The molecular formula is C29H32F4N4O3S2. The molecule has 0 aliphatic carbocycles. The summed E-state index contributed by atoms with van der Waals surface area (Å²) >= 11 is 1.35. The Kier molecular flexibility index (Phi) is 8.46. The van der Waals surface area contributed by atoms with E-state index in [0.717, 1.165) is 17.7 Å². The number of methoxy groups -OCH3 is 1. The molecule has 4 aromatic rings. The van der Waals surface area contributed by atoms with Crippen LogP contribution in [0.2, 0.25) is 0 Å². The summed E-state index contributed by atoms with van der Waals surface area (Å²) in [6.07, 6.45) is -3.83. The molecule has 42 heavy (non-hydrogen) atoms. The summed E-state index contributed by atoms with van der Waals surface area (Å²) in [5, 5.41) is 7.09. The Labute approximate surface area is 246 Å². The van der Waals surface area contributed by atoms with Crippen molar-refractivity contribution in [1.29, 1.82) is 0 Å². The minimum absolute atomic E-state index is 0.132. The summed E-state index contributed by atoms with van der Waals surface area (Å²) in [6, 6.07) is 14.6. The molecule has 0 unspecified atom stereocenters. The highest BCUT2D eigenvalue weighted by Gasteiger charge is 2.32. The number of fused-ring (bicyclic) bond motifs is 1. The van der Waals surface area contributed by atoms with E-state index in [4.69, 9.17) is 4.74 Å². The van der Waals surface area contributed by atoms with Gasteiger partial charge in [0.1, 0.15) is 18.5 Å². The molecular weight excluding hydrogens is 592 g/mol. The molecule has 2 N–H and O–H groups in total. The number of hydrogen-bond donors (Lipinski definition) is 2. The van der Waals surface area contributed by atoms with Crippen molar-refractivity contribution < 1.29 is 30.7 Å². The van der Waals surface area contributed by atoms with Crippen molar-refractivity contribution in [3.05, 3.63) is 59.5 Å². The highest BCUT2D eigenvalue weighted by molar-refractivity contribution is 7.90. The first-order valence-corrected chi connectivity index (χ1v) is 16.0. The molecule has 1 aliphatic heterocycles. The Hall–Kier alpha value is -3.29. The molecule has 0 bridgehead atoms. The molecule has 2 aromatic heterocycles. The number of alkyl halides is 4. The minimum atomic E-state index is -4.45. The largest absolute Gasteiger partial charge is 0.495 e. The zero-order valence-corrected chi connectivity index (χ0v) is 25.0. The Bertz CT molecular complexity index is 1680. The van der Waals surface area contributed by atoms with Crippen LogP contribution in [-0.4, -0.2) is 69.8 Å². The zero-order valence-electron chi connectivity index (χ0n) is 23.3. The lowest BCUT2D eigenvalue weighted by molar-refractivity contribution is -0.139. The van der Waals surface area contributed by atoms with E-state index in [1.807, 2.05) is 18.0 Å². The molecule has 1 fully saturated rings. The predicted molar refractivity (Wildman–Crippen MR) is 159 cm³/mol. The number of thiophene rings is 1. The van der Waals surface area contributed by atoms with Gasteiger partial charge in [0.2, 0.25) is 0 Å². The van der Waals surface area contributed by atoms with Crippen LogP contribution in [0.1, 0.15) is 11.3 Å². The summed E-state index contributed by atoms with van der Waals surface area (Å²) in [4.78, 5) is 3.56. The van der Waals surface area contributed by atoms with E-state index in [1.54, 1.807) is 36.4 Å². The predicted octanol–water partition coefficient (Wildman–Crippen LogP) is 6.41. The van der Waals surface area contributed by atoms with Crippen LogP contribution >= 0.6 is 11.3 Å². The molecule has 0 spiro atoms. The van der Waals surface area contributed by atoms with Gasteiger partial charge in [-0.05, 0) is 55.9 Å². The summed E-state index contributed by atoms with van der Waals surface area (Å²) in [6.45, 7) is 0.214. The molecule has 2 atom stereocenters. The number of piperidine rings is 1. The van der Waals surface area contributed by atoms with E-state index < -0.39 is 34.8 Å². The molecule has 0 amide bonds. The van der Waals surface area contributed by atoms with Gasteiger partial charge in [-0.3, -0.25) is 0 Å². The maximum Gasteiger partial charge on any atom is 0.406 e. The van der Waals surface area contributed by atoms with Crippen molar-refractivity contribution in [3.63, 3.8) is 0 Å². The first-order valence-electron chi connectivity index (χ1n) is 13.3. The third kappa shape index (κ3) is 6.68. The molecule has 7 nitrogen and oxygen atoms in total. The summed E-state index contributed by atoms with van der Waals surface area (Å²) in [5.74, 6) is 0.361. The van der Waals surface area contributed by atoms with Crippen LogP contribution in [0.4, 0.5) is 28.9 Å². The second kappa shape index (κ2) is 11.8. The highest BCUT2D eigenvalue weighted by atomic mass is 32.2. The summed E-state index contributed by atoms with van der Waals surface area (Å²) in [7, 11) is -0.0973. The number of benzene rings is 2. The van der Waals surface area contributed by atoms with Crippen LogP contribution in [0.3, 0.4) is 0 Å². The van der Waals surface area contributed by atoms with E-state index in [2.05, 4.69) is 10.6 Å². The van der Waals surface area contributed by atoms with Crippen molar-refractivity contribution in [2.75, 3.05) is 44.1 Å². The lowest BCUT2D eigenvalue weighted by Gasteiger charge is -2.33. The van der Waals surface area contributed by atoms with Crippen molar-refractivity contribution in [2.45, 2.75) is 42.8 Å². The number of hydrogen-bond acceptors (Lipinski definition) is 7. The van der Waals surface area contributed by atoms with Gasteiger partial charge in [0.15, 0.2) is 9.84 Å². The van der Waals surface area contributed by atoms with Crippen LogP contribution in [0.15, 0.2) is 59.5 Å². The van der Waals surface area contributed by atoms with Gasteiger partial charge in [0.05, 0.1) is 39.8 Å². The second-order valence-electron chi connectivity index (χ2n) is 10.5. The van der Waals surface area contributed by atoms with E-state index >= 15 is 0 Å². The first-order chi connectivity index (χ1) is 19.8. The number of ether oxygens (including phenoxy) is 1. The van der Waals surface area contributed by atoms with Crippen molar-refractivity contribution in [3.8, 4) is 16.3 Å². The third-order valence-electron chi connectivity index (χ3n) is 7.34. The summed E-state index contributed by atoms with van der Waals surface area (Å²) in [5.41, 5.74) is 2.03. The number of aromatic nitrogens is 1. The molecule has 2 aromatic carbocycles. The molecule has 226 valence electrons. The fourth-order valence-corrected chi connectivity index (χ4v) is 6.83. The van der Waals surface area contributed by atoms with Gasteiger partial charge in [-0.15, -0.1) is 11.3 Å². The molecule has 13 heteroatoms. The monoisotopic (exact) mass is 624 g/mol. The standard InChI is InChI=1S/C29H32F4N4O3S2/c1-36-12-11-23(21(30)16-36)35-22-5-4-6-25-20(22)14-26(37(25)17-29(31,32)33)28-10-7-18(41-28)15-34-24-9-8-19(42(3,38)39)13-27(24)40-2/h4-10,13-14,21,23,34-35H,11-12,15-17H2,1-3H3/t21-,23+/m1/s1. The Morgan fingerprint density at radius 1 is 1.10 bits per heavy atom. The molecule has 3 heterocycles. The van der Waals surface area contributed by atoms with Crippen molar-refractivity contribution in [1.82, 2.24) is 9.47 Å². The molecule has 0 saturated carbocycles. The Balaban J connectivity index is 1.44.